The van der Waals surface area contributed by atoms with Gasteiger partial charge in [0.2, 0.25) is 0 Å². The van der Waals surface area contributed by atoms with E-state index in [-0.39, 0.29) is 12.2 Å². The molecule has 0 aliphatic heterocycles. The fourth-order valence-electron chi connectivity index (χ4n) is 7.66. The molecule has 2 N–H and O–H groups in total. The van der Waals surface area contributed by atoms with Gasteiger partial charge in [-0.25, -0.2) is 0 Å². The predicted molar refractivity (Wildman–Crippen MR) is 113 cm³/mol. The third-order valence-electron chi connectivity index (χ3n) is 8.58. The minimum Gasteiger partial charge on any atom is -0.393 e. The van der Waals surface area contributed by atoms with Gasteiger partial charge in [0.05, 0.1) is 12.2 Å². The Labute approximate surface area is 168 Å². The molecule has 3 nitrogen and oxygen atoms in total. The van der Waals surface area contributed by atoms with Crippen molar-refractivity contribution in [1.29, 1.82) is 0 Å². The van der Waals surface area contributed by atoms with E-state index in [0.29, 0.717) is 11.3 Å². The number of methoxy groups -OCH3 is 1. The fraction of sp³-hybridized carbons (Fsp3) is 1.00. The Bertz CT molecular complexity index is 437. The van der Waals surface area contributed by atoms with Crippen molar-refractivity contribution in [2.75, 3.05) is 14.2 Å². The lowest BCUT2D eigenvalue weighted by molar-refractivity contribution is -0.0886. The van der Waals surface area contributed by atoms with Crippen molar-refractivity contribution < 1.29 is 14.9 Å². The molecule has 9 unspecified atom stereocenters. The highest BCUT2D eigenvalue weighted by Gasteiger charge is 2.57. The van der Waals surface area contributed by atoms with E-state index in [9.17, 15) is 10.2 Å². The molecule has 0 aromatic rings. The molecule has 0 bridgehead atoms. The second kappa shape index (κ2) is 10.1. The van der Waals surface area contributed by atoms with Crippen LogP contribution in [-0.4, -0.2) is 36.6 Å². The first kappa shape index (κ1) is 23.2. The lowest BCUT2D eigenvalue weighted by Gasteiger charge is -2.56. The van der Waals surface area contributed by atoms with Crippen molar-refractivity contribution in [2.45, 2.75) is 97.7 Å². The van der Waals surface area contributed by atoms with Crippen LogP contribution in [0.1, 0.15) is 85.5 Å². The molecule has 4 saturated carbocycles. The van der Waals surface area contributed by atoms with E-state index in [1.54, 1.807) is 14.2 Å². The molecule has 0 radical (unpaired) electrons. The second-order valence-corrected chi connectivity index (χ2v) is 9.78. The van der Waals surface area contributed by atoms with Crippen molar-refractivity contribution in [2.24, 2.45) is 40.9 Å². The Morgan fingerprint density at radius 1 is 0.889 bits per heavy atom. The van der Waals surface area contributed by atoms with Crippen LogP contribution in [0.3, 0.4) is 0 Å². The van der Waals surface area contributed by atoms with E-state index in [2.05, 4.69) is 11.7 Å². The number of hydrogen-bond acceptors (Lipinski definition) is 3. The van der Waals surface area contributed by atoms with Crippen molar-refractivity contribution in [3.8, 4) is 0 Å². The Morgan fingerprint density at radius 2 is 1.52 bits per heavy atom. The van der Waals surface area contributed by atoms with Crippen LogP contribution in [0, 0.1) is 40.9 Å². The average Bonchev–Trinajstić information content (AvgIpc) is 3.01. The molecule has 0 spiro atoms. The maximum absolute atomic E-state index is 10.2. The van der Waals surface area contributed by atoms with Gasteiger partial charge in [0.15, 0.2) is 0 Å². The molecule has 9 atom stereocenters. The van der Waals surface area contributed by atoms with E-state index >= 15 is 0 Å². The summed E-state index contributed by atoms with van der Waals surface area (Å²) in [7, 11) is 3.25. The first-order chi connectivity index (χ1) is 12.9. The van der Waals surface area contributed by atoms with Crippen LogP contribution in [0.25, 0.3) is 0 Å². The zero-order valence-corrected chi connectivity index (χ0v) is 18.8. The summed E-state index contributed by atoms with van der Waals surface area (Å²) in [6.45, 7) is 8.51. The van der Waals surface area contributed by atoms with Crippen LogP contribution >= 0.6 is 0 Å². The zero-order valence-electron chi connectivity index (χ0n) is 18.8. The average molecular weight is 383 g/mol. The van der Waals surface area contributed by atoms with Crippen molar-refractivity contribution in [1.82, 2.24) is 0 Å². The normalized spacial score (nSPS) is 46.4. The van der Waals surface area contributed by atoms with Gasteiger partial charge < -0.3 is 14.9 Å². The Balaban J connectivity index is 0.000000478. The lowest BCUT2D eigenvalue weighted by Crippen LogP contribution is -2.49. The molecule has 27 heavy (non-hydrogen) atoms. The molecule has 4 aliphatic carbocycles. The molecule has 3 heteroatoms. The van der Waals surface area contributed by atoms with E-state index in [1.807, 2.05) is 20.8 Å². The highest BCUT2D eigenvalue weighted by molar-refractivity contribution is 5.06. The second-order valence-electron chi connectivity index (χ2n) is 9.78. The summed E-state index contributed by atoms with van der Waals surface area (Å²) >= 11 is 0. The number of ether oxygens (including phenoxy) is 1. The van der Waals surface area contributed by atoms with Crippen molar-refractivity contribution in [3.05, 3.63) is 0 Å². The summed E-state index contributed by atoms with van der Waals surface area (Å²) in [5.41, 5.74) is 0.399. The molecule has 0 amide bonds. The summed E-state index contributed by atoms with van der Waals surface area (Å²) < 4.78 is 4.25. The van der Waals surface area contributed by atoms with Crippen molar-refractivity contribution >= 4 is 0 Å². The molecule has 0 heterocycles. The molecular weight excluding hydrogens is 336 g/mol. The third-order valence-corrected chi connectivity index (χ3v) is 8.58. The van der Waals surface area contributed by atoms with Crippen LogP contribution in [-0.2, 0) is 4.74 Å². The topological polar surface area (TPSA) is 49.7 Å². The van der Waals surface area contributed by atoms with Gasteiger partial charge in [-0.3, -0.25) is 0 Å². The number of aliphatic hydroxyl groups excluding tert-OH is 2. The monoisotopic (exact) mass is 382 g/mol. The smallest absolute Gasteiger partial charge is 0.0545 e. The SMILES string of the molecule is CC.CC(O)C1CCC2C3CCC4CC(O)CCC4C3CCC12C.COC. The van der Waals surface area contributed by atoms with Gasteiger partial charge in [-0.1, -0.05) is 20.8 Å². The van der Waals surface area contributed by atoms with Crippen LogP contribution in [0.5, 0.6) is 0 Å². The largest absolute Gasteiger partial charge is 0.393 e. The van der Waals surface area contributed by atoms with Gasteiger partial charge in [0, 0.05) is 14.2 Å². The maximum Gasteiger partial charge on any atom is 0.0545 e. The van der Waals surface area contributed by atoms with E-state index in [4.69, 9.17) is 0 Å². The summed E-state index contributed by atoms with van der Waals surface area (Å²) in [6.07, 6.45) is 11.3. The first-order valence-electron chi connectivity index (χ1n) is 11.7. The predicted octanol–water partition coefficient (Wildman–Crippen LogP) is 5.29. The molecule has 160 valence electrons. The number of aliphatic hydroxyl groups is 2. The number of hydrogen-bond donors (Lipinski definition) is 2. The van der Waals surface area contributed by atoms with Gasteiger partial charge in [-0.15, -0.1) is 0 Å². The van der Waals surface area contributed by atoms with Gasteiger partial charge in [-0.05, 0) is 106 Å². The van der Waals surface area contributed by atoms with Crippen LogP contribution in [0.15, 0.2) is 0 Å². The molecule has 4 fully saturated rings. The summed E-state index contributed by atoms with van der Waals surface area (Å²) in [5, 5.41) is 20.2. The maximum atomic E-state index is 10.2. The standard InChI is InChI=1S/C20H34O2.C2H6O.C2H6/c1-12(21)18-7-8-19-17-5-3-13-11-14(22)4-6-15(13)16(17)9-10-20(18,19)2;1-3-2;1-2/h12-19,21-22H,3-11H2,1-2H3;1-2H3;1-2H3. The van der Waals surface area contributed by atoms with Crippen LogP contribution in [0.4, 0.5) is 0 Å². The van der Waals surface area contributed by atoms with Crippen LogP contribution < -0.4 is 0 Å². The number of rotatable bonds is 1. The minimum atomic E-state index is -0.132. The quantitative estimate of drug-likeness (QED) is 0.648. The van der Waals surface area contributed by atoms with Crippen LogP contribution in [0.2, 0.25) is 0 Å². The van der Waals surface area contributed by atoms with Gasteiger partial charge >= 0.3 is 0 Å². The van der Waals surface area contributed by atoms with Gasteiger partial charge in [0.25, 0.3) is 0 Å². The Kier molecular flexibility index (Phi) is 8.64. The van der Waals surface area contributed by atoms with E-state index in [1.165, 1.54) is 44.9 Å². The molecule has 4 rings (SSSR count). The van der Waals surface area contributed by atoms with Crippen molar-refractivity contribution in [3.63, 3.8) is 0 Å². The molecular formula is C24H46O3. The summed E-state index contributed by atoms with van der Waals surface area (Å²) in [4.78, 5) is 0. The Morgan fingerprint density at radius 3 is 2.15 bits per heavy atom. The minimum absolute atomic E-state index is 0.0160. The lowest BCUT2D eigenvalue weighted by atomic mass is 9.49. The molecule has 0 aromatic carbocycles. The summed E-state index contributed by atoms with van der Waals surface area (Å²) in [5.74, 6) is 4.94. The first-order valence-corrected chi connectivity index (χ1v) is 11.7. The zero-order chi connectivity index (χ0) is 20.2. The summed E-state index contributed by atoms with van der Waals surface area (Å²) in [6, 6.07) is 0. The fourth-order valence-corrected chi connectivity index (χ4v) is 7.66. The van der Waals surface area contributed by atoms with E-state index in [0.717, 1.165) is 42.4 Å². The molecule has 4 aliphatic rings. The number of fused-ring (bicyclic) bond motifs is 5. The highest BCUT2D eigenvalue weighted by Crippen LogP contribution is 2.64. The van der Waals surface area contributed by atoms with Gasteiger partial charge in [0.1, 0.15) is 0 Å². The molecule has 0 saturated heterocycles. The molecule has 0 aromatic heterocycles. The highest BCUT2D eigenvalue weighted by atomic mass is 16.4. The Hall–Kier alpha value is -0.120. The van der Waals surface area contributed by atoms with E-state index < -0.39 is 0 Å². The third kappa shape index (κ3) is 4.56. The van der Waals surface area contributed by atoms with Gasteiger partial charge in [-0.2, -0.15) is 0 Å².